The molecule has 12 heteroatoms. The van der Waals surface area contributed by atoms with Crippen LogP contribution in [0.3, 0.4) is 0 Å². The zero-order valence-electron chi connectivity index (χ0n) is 26.8. The minimum atomic E-state index is -0.572. The van der Waals surface area contributed by atoms with Crippen LogP contribution in [0.5, 0.6) is 5.75 Å². The maximum atomic E-state index is 13.6. The highest BCUT2D eigenvalue weighted by Gasteiger charge is 2.42. The number of nitriles is 1. The van der Waals surface area contributed by atoms with Crippen LogP contribution in [0.1, 0.15) is 57.8 Å². The number of hydrogen-bond acceptors (Lipinski definition) is 9. The van der Waals surface area contributed by atoms with E-state index in [-0.39, 0.29) is 18.0 Å². The van der Waals surface area contributed by atoms with Crippen LogP contribution in [-0.4, -0.2) is 66.5 Å². The molecule has 0 bridgehead atoms. The number of carbonyl (C=O) groups excluding carboxylic acids is 1. The Hall–Kier alpha value is -5.31. The Morgan fingerprint density at radius 3 is 2.41 bits per heavy atom. The van der Waals surface area contributed by atoms with E-state index in [4.69, 9.17) is 14.7 Å². The van der Waals surface area contributed by atoms with E-state index >= 15 is 0 Å². The second-order valence-electron chi connectivity index (χ2n) is 12.4. The summed E-state index contributed by atoms with van der Waals surface area (Å²) >= 11 is 0. The van der Waals surface area contributed by atoms with Crippen LogP contribution in [0.4, 0.5) is 5.82 Å². The lowest BCUT2D eigenvalue weighted by Gasteiger charge is -2.41. The first-order chi connectivity index (χ1) is 22.2. The van der Waals surface area contributed by atoms with Crippen molar-refractivity contribution >= 4 is 17.2 Å². The summed E-state index contributed by atoms with van der Waals surface area (Å²) in [5.74, 6) is 1.57. The number of fused-ring (bicyclic) bond motifs is 1. The van der Waals surface area contributed by atoms with Crippen molar-refractivity contribution in [2.24, 2.45) is 5.41 Å². The summed E-state index contributed by atoms with van der Waals surface area (Å²) in [6.07, 6.45) is 12.5. The first kappa shape index (κ1) is 30.7. The SMILES string of the molecule is COc1ccc(CC2(C(=O)NC(C)C)CCN(c3ccc(-c4nc(-c5cnn(C(C)C)c5)cn5ncc(C#N)c45)cn3)CC2)nc1. The number of hydrogen-bond donors (Lipinski definition) is 1. The third kappa shape index (κ3) is 6.00. The van der Waals surface area contributed by atoms with Gasteiger partial charge in [0, 0.05) is 60.8 Å². The van der Waals surface area contributed by atoms with E-state index in [1.165, 1.54) is 0 Å². The van der Waals surface area contributed by atoms with Crippen molar-refractivity contribution in [2.45, 2.75) is 59.0 Å². The maximum Gasteiger partial charge on any atom is 0.226 e. The van der Waals surface area contributed by atoms with Crippen molar-refractivity contribution in [3.8, 4) is 34.3 Å². The minimum absolute atomic E-state index is 0.0442. The normalized spacial score (nSPS) is 14.5. The predicted molar refractivity (Wildman–Crippen MR) is 174 cm³/mol. The highest BCUT2D eigenvalue weighted by atomic mass is 16.5. The van der Waals surface area contributed by atoms with Gasteiger partial charge in [0.2, 0.25) is 5.91 Å². The number of piperidine rings is 1. The Morgan fingerprint density at radius 1 is 1.00 bits per heavy atom. The zero-order chi connectivity index (χ0) is 32.4. The van der Waals surface area contributed by atoms with E-state index in [9.17, 15) is 10.1 Å². The molecule has 1 fully saturated rings. The summed E-state index contributed by atoms with van der Waals surface area (Å²) in [7, 11) is 1.61. The van der Waals surface area contributed by atoms with Crippen molar-refractivity contribution < 1.29 is 9.53 Å². The van der Waals surface area contributed by atoms with Crippen LogP contribution in [0.25, 0.3) is 28.0 Å². The Morgan fingerprint density at radius 2 is 1.80 bits per heavy atom. The van der Waals surface area contributed by atoms with Crippen molar-refractivity contribution in [2.75, 3.05) is 25.1 Å². The maximum absolute atomic E-state index is 13.6. The third-order valence-corrected chi connectivity index (χ3v) is 8.56. The first-order valence-corrected chi connectivity index (χ1v) is 15.5. The summed E-state index contributed by atoms with van der Waals surface area (Å²) in [4.78, 5) is 30.1. The lowest BCUT2D eigenvalue weighted by atomic mass is 9.73. The molecular weight excluding hydrogens is 580 g/mol. The van der Waals surface area contributed by atoms with Gasteiger partial charge < -0.3 is 15.0 Å². The molecule has 0 aromatic carbocycles. The fraction of sp³-hybridized carbons (Fsp3) is 0.382. The van der Waals surface area contributed by atoms with Gasteiger partial charge in [0.15, 0.2) is 0 Å². The van der Waals surface area contributed by atoms with E-state index in [2.05, 4.69) is 45.3 Å². The number of methoxy groups -OCH3 is 1. The van der Waals surface area contributed by atoms with Gasteiger partial charge in [-0.25, -0.2) is 14.5 Å². The molecule has 0 aliphatic carbocycles. The summed E-state index contributed by atoms with van der Waals surface area (Å²) in [5, 5.41) is 21.9. The van der Waals surface area contributed by atoms with Crippen LogP contribution in [0.15, 0.2) is 61.4 Å². The van der Waals surface area contributed by atoms with Gasteiger partial charge in [0.1, 0.15) is 28.7 Å². The summed E-state index contributed by atoms with van der Waals surface area (Å²) in [6.45, 7) is 9.45. The second kappa shape index (κ2) is 12.6. The average Bonchev–Trinajstić information content (AvgIpc) is 3.73. The molecule has 5 aromatic heterocycles. The van der Waals surface area contributed by atoms with E-state index < -0.39 is 5.41 Å². The number of anilines is 1. The van der Waals surface area contributed by atoms with E-state index in [0.717, 1.165) is 22.6 Å². The average molecular weight is 619 g/mol. The molecule has 1 N–H and O–H groups in total. The molecular formula is C34H38N10O2. The molecule has 0 unspecified atom stereocenters. The van der Waals surface area contributed by atoms with Crippen molar-refractivity contribution in [3.63, 3.8) is 0 Å². The van der Waals surface area contributed by atoms with Crippen LogP contribution < -0.4 is 15.0 Å². The van der Waals surface area contributed by atoms with Crippen LogP contribution in [-0.2, 0) is 11.2 Å². The van der Waals surface area contributed by atoms with Gasteiger partial charge >= 0.3 is 0 Å². The van der Waals surface area contributed by atoms with Crippen LogP contribution >= 0.6 is 0 Å². The number of nitrogens with zero attached hydrogens (tertiary/aromatic N) is 9. The van der Waals surface area contributed by atoms with E-state index in [0.29, 0.717) is 60.6 Å². The number of rotatable bonds is 9. The van der Waals surface area contributed by atoms with Crippen molar-refractivity contribution in [1.29, 1.82) is 5.26 Å². The molecule has 1 amide bonds. The largest absolute Gasteiger partial charge is 0.495 e. The molecule has 6 heterocycles. The highest BCUT2D eigenvalue weighted by molar-refractivity contribution is 5.84. The second-order valence-corrected chi connectivity index (χ2v) is 12.4. The topological polar surface area (TPSA) is 139 Å². The summed E-state index contributed by atoms with van der Waals surface area (Å²) in [6, 6.07) is 10.3. The molecule has 5 aromatic rings. The number of amides is 1. The Labute approximate surface area is 268 Å². The Kier molecular flexibility index (Phi) is 8.41. The smallest absolute Gasteiger partial charge is 0.226 e. The lowest BCUT2D eigenvalue weighted by molar-refractivity contribution is -0.132. The monoisotopic (exact) mass is 618 g/mol. The van der Waals surface area contributed by atoms with Crippen molar-refractivity contribution in [3.05, 3.63) is 72.7 Å². The van der Waals surface area contributed by atoms with Gasteiger partial charge in [-0.3, -0.25) is 14.5 Å². The first-order valence-electron chi connectivity index (χ1n) is 15.5. The molecule has 0 radical (unpaired) electrons. The lowest BCUT2D eigenvalue weighted by Crippen LogP contribution is -2.51. The van der Waals surface area contributed by atoms with Gasteiger partial charge in [0.25, 0.3) is 0 Å². The van der Waals surface area contributed by atoms with Gasteiger partial charge in [-0.1, -0.05) is 0 Å². The molecule has 0 saturated carbocycles. The van der Waals surface area contributed by atoms with Crippen molar-refractivity contribution in [1.82, 2.24) is 39.7 Å². The number of nitrogens with one attached hydrogen (secondary N) is 1. The molecule has 46 heavy (non-hydrogen) atoms. The van der Waals surface area contributed by atoms with Crippen LogP contribution in [0, 0.1) is 16.7 Å². The van der Waals surface area contributed by atoms with Gasteiger partial charge in [-0.15, -0.1) is 0 Å². The molecule has 1 aliphatic heterocycles. The molecule has 6 rings (SSSR count). The van der Waals surface area contributed by atoms with Gasteiger partial charge in [0.05, 0.1) is 48.7 Å². The van der Waals surface area contributed by atoms with Gasteiger partial charge in [-0.2, -0.15) is 15.5 Å². The molecule has 0 atom stereocenters. The number of carbonyl (C=O) groups is 1. The van der Waals surface area contributed by atoms with E-state index in [1.807, 2.05) is 55.2 Å². The fourth-order valence-corrected chi connectivity index (χ4v) is 5.95. The van der Waals surface area contributed by atoms with Crippen LogP contribution in [0.2, 0.25) is 0 Å². The highest BCUT2D eigenvalue weighted by Crippen LogP contribution is 2.37. The third-order valence-electron chi connectivity index (χ3n) is 8.56. The Balaban J connectivity index is 1.26. The number of ether oxygens (including phenoxy) is 1. The standard InChI is InChI=1S/C34H38N10O2/c1-22(2)40-33(45)34(14-27-7-8-28(46-5)19-36-27)10-12-42(13-11-34)30-9-6-24(16-37-30)31-32-25(15-35)17-39-44(32)21-29(41-31)26-18-38-43(20-26)23(3)4/h6-9,16-23H,10-14H2,1-5H3,(H,40,45). The molecule has 12 nitrogen and oxygen atoms in total. The molecule has 1 aliphatic rings. The summed E-state index contributed by atoms with van der Waals surface area (Å²) in [5.41, 5.74) is 4.32. The molecule has 236 valence electrons. The number of aromatic nitrogens is 7. The minimum Gasteiger partial charge on any atom is -0.495 e. The zero-order valence-corrected chi connectivity index (χ0v) is 26.8. The Bertz CT molecular complexity index is 1880. The summed E-state index contributed by atoms with van der Waals surface area (Å²) < 4.78 is 8.84. The molecule has 0 spiro atoms. The number of pyridine rings is 2. The molecule has 1 saturated heterocycles. The predicted octanol–water partition coefficient (Wildman–Crippen LogP) is 4.86. The van der Waals surface area contributed by atoms with E-state index in [1.54, 1.807) is 36.4 Å². The quantitative estimate of drug-likeness (QED) is 0.245. The fourth-order valence-electron chi connectivity index (χ4n) is 5.95. The van der Waals surface area contributed by atoms with Gasteiger partial charge in [-0.05, 0) is 64.8 Å².